The molecular weight excluding hydrogens is 260 g/mol. The molecule has 0 amide bonds. The van der Waals surface area contributed by atoms with Crippen LogP contribution in [-0.4, -0.2) is 43.6 Å². The Morgan fingerprint density at radius 2 is 2.05 bits per heavy atom. The summed E-state index contributed by atoms with van der Waals surface area (Å²) in [6.45, 7) is 8.00. The predicted octanol–water partition coefficient (Wildman–Crippen LogP) is 2.14. The maximum absolute atomic E-state index is 4.68. The molecular formula is C17H28N4. The molecule has 0 radical (unpaired) electrons. The maximum atomic E-state index is 4.68. The Kier molecular flexibility index (Phi) is 6.05. The second-order valence-electron chi connectivity index (χ2n) is 5.84. The molecule has 4 heteroatoms. The van der Waals surface area contributed by atoms with Crippen molar-refractivity contribution in [2.45, 2.75) is 39.3 Å². The molecule has 1 heterocycles. The van der Waals surface area contributed by atoms with Crippen molar-refractivity contribution in [3.63, 3.8) is 0 Å². The molecule has 2 rings (SSSR count). The number of rotatable bonds is 5. The van der Waals surface area contributed by atoms with Gasteiger partial charge < -0.3 is 15.5 Å². The van der Waals surface area contributed by atoms with Gasteiger partial charge in [0.1, 0.15) is 0 Å². The Labute approximate surface area is 128 Å². The smallest absolute Gasteiger partial charge is 0.191 e. The van der Waals surface area contributed by atoms with E-state index in [1.54, 1.807) is 0 Å². The minimum Gasteiger partial charge on any atom is -0.357 e. The zero-order chi connectivity index (χ0) is 15.1. The van der Waals surface area contributed by atoms with E-state index < -0.39 is 0 Å². The Morgan fingerprint density at radius 1 is 1.29 bits per heavy atom. The van der Waals surface area contributed by atoms with Crippen molar-refractivity contribution in [1.82, 2.24) is 15.5 Å². The number of likely N-dealkylation sites (tertiary alicyclic amines) is 1. The van der Waals surface area contributed by atoms with E-state index in [2.05, 4.69) is 65.7 Å². The zero-order valence-corrected chi connectivity index (χ0v) is 13.5. The van der Waals surface area contributed by atoms with E-state index in [-0.39, 0.29) is 0 Å². The number of aliphatic imine (C=N–C) groups is 1. The molecule has 1 aliphatic rings. The highest BCUT2D eigenvalue weighted by atomic mass is 15.2. The molecule has 116 valence electrons. The molecule has 1 atom stereocenters. The summed E-state index contributed by atoms with van der Waals surface area (Å²) in [7, 11) is 2.20. The summed E-state index contributed by atoms with van der Waals surface area (Å²) >= 11 is 0. The Morgan fingerprint density at radius 3 is 2.67 bits per heavy atom. The third-order valence-corrected chi connectivity index (χ3v) is 4.06. The van der Waals surface area contributed by atoms with E-state index in [0.717, 1.165) is 25.6 Å². The molecule has 0 spiro atoms. The summed E-state index contributed by atoms with van der Waals surface area (Å²) in [5, 5.41) is 6.80. The molecule has 4 nitrogen and oxygen atoms in total. The summed E-state index contributed by atoms with van der Waals surface area (Å²) in [6.07, 6.45) is 2.58. The van der Waals surface area contributed by atoms with Gasteiger partial charge in [-0.1, -0.05) is 29.8 Å². The summed E-state index contributed by atoms with van der Waals surface area (Å²) < 4.78 is 0. The van der Waals surface area contributed by atoms with Crippen LogP contribution in [0.5, 0.6) is 0 Å². The van der Waals surface area contributed by atoms with Crippen molar-refractivity contribution in [1.29, 1.82) is 0 Å². The third-order valence-electron chi connectivity index (χ3n) is 4.06. The van der Waals surface area contributed by atoms with Gasteiger partial charge in [0.05, 0.1) is 6.54 Å². The van der Waals surface area contributed by atoms with Crippen LogP contribution in [0.25, 0.3) is 0 Å². The molecule has 21 heavy (non-hydrogen) atoms. The molecule has 0 saturated carbocycles. The van der Waals surface area contributed by atoms with Crippen LogP contribution < -0.4 is 10.6 Å². The van der Waals surface area contributed by atoms with Crippen molar-refractivity contribution in [2.75, 3.05) is 26.7 Å². The van der Waals surface area contributed by atoms with Gasteiger partial charge in [-0.05, 0) is 45.8 Å². The van der Waals surface area contributed by atoms with Crippen LogP contribution in [0, 0.1) is 6.92 Å². The monoisotopic (exact) mass is 288 g/mol. The standard InChI is InChI=1S/C17H28N4/c1-4-18-17(20-13-16-6-5-11-21(16)3)19-12-15-9-7-14(2)8-10-15/h7-10,16H,4-6,11-13H2,1-3H3,(H2,18,19,20). The summed E-state index contributed by atoms with van der Waals surface area (Å²) in [5.41, 5.74) is 2.54. The fraction of sp³-hybridized carbons (Fsp3) is 0.588. The van der Waals surface area contributed by atoms with Gasteiger partial charge in [-0.3, -0.25) is 0 Å². The van der Waals surface area contributed by atoms with Crippen molar-refractivity contribution >= 4 is 5.96 Å². The second-order valence-corrected chi connectivity index (χ2v) is 5.84. The molecule has 1 saturated heterocycles. The molecule has 0 aromatic heterocycles. The molecule has 1 aromatic carbocycles. The van der Waals surface area contributed by atoms with Gasteiger partial charge in [0.25, 0.3) is 0 Å². The van der Waals surface area contributed by atoms with Gasteiger partial charge in [-0.25, -0.2) is 4.99 Å². The van der Waals surface area contributed by atoms with Gasteiger partial charge in [0.2, 0.25) is 0 Å². The van der Waals surface area contributed by atoms with Gasteiger partial charge in [0.15, 0.2) is 5.96 Å². The largest absolute Gasteiger partial charge is 0.357 e. The first kappa shape index (κ1) is 15.8. The van der Waals surface area contributed by atoms with E-state index in [1.807, 2.05) is 0 Å². The Balaban J connectivity index is 1.87. The average Bonchev–Trinajstić information content (AvgIpc) is 2.89. The van der Waals surface area contributed by atoms with Crippen LogP contribution in [-0.2, 0) is 6.54 Å². The predicted molar refractivity (Wildman–Crippen MR) is 89.6 cm³/mol. The highest BCUT2D eigenvalue weighted by molar-refractivity contribution is 5.79. The first-order chi connectivity index (χ1) is 10.2. The lowest BCUT2D eigenvalue weighted by molar-refractivity contribution is 0.309. The SMILES string of the molecule is CCNC(=NCc1ccc(C)cc1)NCC1CCCN1C. The number of benzene rings is 1. The van der Waals surface area contributed by atoms with E-state index >= 15 is 0 Å². The molecule has 1 aromatic rings. The minimum absolute atomic E-state index is 0.633. The van der Waals surface area contributed by atoms with Gasteiger partial charge in [-0.15, -0.1) is 0 Å². The van der Waals surface area contributed by atoms with Crippen molar-refractivity contribution in [3.05, 3.63) is 35.4 Å². The minimum atomic E-state index is 0.633. The topological polar surface area (TPSA) is 39.7 Å². The van der Waals surface area contributed by atoms with Crippen LogP contribution in [0.1, 0.15) is 30.9 Å². The normalized spacial score (nSPS) is 19.8. The van der Waals surface area contributed by atoms with Crippen LogP contribution in [0.15, 0.2) is 29.3 Å². The fourth-order valence-corrected chi connectivity index (χ4v) is 2.66. The summed E-state index contributed by atoms with van der Waals surface area (Å²) in [6, 6.07) is 9.20. The lowest BCUT2D eigenvalue weighted by Gasteiger charge is -2.21. The molecule has 1 unspecified atom stereocenters. The maximum Gasteiger partial charge on any atom is 0.191 e. The molecule has 1 fully saturated rings. The number of aryl methyl sites for hydroxylation is 1. The number of likely N-dealkylation sites (N-methyl/N-ethyl adjacent to an activating group) is 1. The van der Waals surface area contributed by atoms with Gasteiger partial charge in [0, 0.05) is 19.1 Å². The average molecular weight is 288 g/mol. The Hall–Kier alpha value is -1.55. The summed E-state index contributed by atoms with van der Waals surface area (Å²) in [5.74, 6) is 0.915. The Bertz CT molecular complexity index is 452. The summed E-state index contributed by atoms with van der Waals surface area (Å²) in [4.78, 5) is 7.10. The molecule has 1 aliphatic heterocycles. The van der Waals surface area contributed by atoms with Crippen LogP contribution in [0.3, 0.4) is 0 Å². The third kappa shape index (κ3) is 5.05. The zero-order valence-electron chi connectivity index (χ0n) is 13.5. The number of hydrogen-bond acceptors (Lipinski definition) is 2. The fourth-order valence-electron chi connectivity index (χ4n) is 2.66. The van der Waals surface area contributed by atoms with E-state index in [0.29, 0.717) is 6.04 Å². The van der Waals surface area contributed by atoms with E-state index in [9.17, 15) is 0 Å². The van der Waals surface area contributed by atoms with Gasteiger partial charge in [-0.2, -0.15) is 0 Å². The number of nitrogens with one attached hydrogen (secondary N) is 2. The van der Waals surface area contributed by atoms with Crippen molar-refractivity contribution < 1.29 is 0 Å². The second kappa shape index (κ2) is 8.03. The van der Waals surface area contributed by atoms with Crippen molar-refractivity contribution in [3.8, 4) is 0 Å². The number of guanidine groups is 1. The highest BCUT2D eigenvalue weighted by Crippen LogP contribution is 2.13. The number of hydrogen-bond donors (Lipinski definition) is 2. The van der Waals surface area contributed by atoms with Crippen LogP contribution in [0.4, 0.5) is 0 Å². The lowest BCUT2D eigenvalue weighted by Crippen LogP contribution is -2.44. The van der Waals surface area contributed by atoms with Crippen LogP contribution >= 0.6 is 0 Å². The van der Waals surface area contributed by atoms with Gasteiger partial charge >= 0.3 is 0 Å². The first-order valence-corrected chi connectivity index (χ1v) is 7.97. The highest BCUT2D eigenvalue weighted by Gasteiger charge is 2.20. The molecule has 2 N–H and O–H groups in total. The van der Waals surface area contributed by atoms with Crippen molar-refractivity contribution in [2.24, 2.45) is 4.99 Å². The van der Waals surface area contributed by atoms with Crippen LogP contribution in [0.2, 0.25) is 0 Å². The quantitative estimate of drug-likeness (QED) is 0.644. The van der Waals surface area contributed by atoms with E-state index in [4.69, 9.17) is 0 Å². The first-order valence-electron chi connectivity index (χ1n) is 7.97. The lowest BCUT2D eigenvalue weighted by atomic mass is 10.1. The molecule has 0 bridgehead atoms. The van der Waals surface area contributed by atoms with E-state index in [1.165, 1.54) is 30.5 Å². The molecule has 0 aliphatic carbocycles. The number of nitrogens with zero attached hydrogens (tertiary/aromatic N) is 2.